The van der Waals surface area contributed by atoms with Crippen LogP contribution >= 0.6 is 23.2 Å². The standard InChI is InChI=1S/C17H18Cl2FN3O/c1-11-8-21-16-6-5-12(9-22(11)16)23(17(24)7-18)10-13-14(19)3-2-4-15(13)20/h2-4,8,12H,5-7,9-10H2,1H3. The lowest BCUT2D eigenvalue weighted by atomic mass is 10.0. The number of hydrogen-bond acceptors (Lipinski definition) is 2. The molecule has 1 aliphatic heterocycles. The molecule has 2 aromatic rings. The Labute approximate surface area is 150 Å². The minimum atomic E-state index is -0.412. The van der Waals surface area contributed by atoms with E-state index in [0.29, 0.717) is 17.1 Å². The lowest BCUT2D eigenvalue weighted by molar-refractivity contribution is -0.132. The average Bonchev–Trinajstić information content (AvgIpc) is 2.95. The van der Waals surface area contributed by atoms with Crippen molar-refractivity contribution in [2.45, 2.75) is 38.9 Å². The lowest BCUT2D eigenvalue weighted by Crippen LogP contribution is -2.45. The summed E-state index contributed by atoms with van der Waals surface area (Å²) < 4.78 is 16.2. The summed E-state index contributed by atoms with van der Waals surface area (Å²) in [7, 11) is 0. The average molecular weight is 370 g/mol. The molecule has 1 unspecified atom stereocenters. The Hall–Kier alpha value is -1.59. The molecule has 1 aromatic heterocycles. The van der Waals surface area contributed by atoms with E-state index in [-0.39, 0.29) is 24.4 Å². The van der Waals surface area contributed by atoms with Crippen LogP contribution in [0.4, 0.5) is 4.39 Å². The van der Waals surface area contributed by atoms with E-state index in [9.17, 15) is 9.18 Å². The van der Waals surface area contributed by atoms with E-state index in [2.05, 4.69) is 9.55 Å². The Morgan fingerprint density at radius 3 is 3.00 bits per heavy atom. The van der Waals surface area contributed by atoms with Crippen LogP contribution < -0.4 is 0 Å². The number of alkyl halides is 1. The molecule has 0 saturated carbocycles. The van der Waals surface area contributed by atoms with Crippen molar-refractivity contribution in [3.05, 3.63) is 52.3 Å². The molecule has 0 saturated heterocycles. The van der Waals surface area contributed by atoms with Crippen LogP contribution in [0, 0.1) is 12.7 Å². The van der Waals surface area contributed by atoms with Gasteiger partial charge in [0.1, 0.15) is 17.5 Å². The first kappa shape index (κ1) is 17.2. The van der Waals surface area contributed by atoms with Crippen LogP contribution in [0.3, 0.4) is 0 Å². The highest BCUT2D eigenvalue weighted by atomic mass is 35.5. The minimum Gasteiger partial charge on any atom is -0.332 e. The van der Waals surface area contributed by atoms with Gasteiger partial charge >= 0.3 is 0 Å². The summed E-state index contributed by atoms with van der Waals surface area (Å²) in [5.41, 5.74) is 1.38. The fraction of sp³-hybridized carbons (Fsp3) is 0.412. The van der Waals surface area contributed by atoms with E-state index in [1.165, 1.54) is 6.07 Å². The SMILES string of the molecule is Cc1cnc2n1CC(N(Cc1c(F)cccc1Cl)C(=O)CCl)CC2. The number of fused-ring (bicyclic) bond motifs is 1. The van der Waals surface area contributed by atoms with Crippen LogP contribution in [0.1, 0.15) is 23.5 Å². The number of hydrogen-bond donors (Lipinski definition) is 0. The smallest absolute Gasteiger partial charge is 0.238 e. The van der Waals surface area contributed by atoms with E-state index in [0.717, 1.165) is 24.4 Å². The van der Waals surface area contributed by atoms with Crippen LogP contribution in [0.5, 0.6) is 0 Å². The number of aryl methyl sites for hydroxylation is 2. The van der Waals surface area contributed by atoms with Crippen LogP contribution in [-0.2, 0) is 24.3 Å². The van der Waals surface area contributed by atoms with Gasteiger partial charge < -0.3 is 9.47 Å². The molecule has 0 bridgehead atoms. The maximum Gasteiger partial charge on any atom is 0.238 e. The minimum absolute atomic E-state index is 0.0627. The van der Waals surface area contributed by atoms with Crippen molar-refractivity contribution in [1.29, 1.82) is 0 Å². The fourth-order valence-corrected chi connectivity index (χ4v) is 3.54. The summed E-state index contributed by atoms with van der Waals surface area (Å²) in [6.07, 6.45) is 3.37. The molecule has 1 atom stereocenters. The molecule has 1 aliphatic rings. The van der Waals surface area contributed by atoms with Gasteiger partial charge in [-0.25, -0.2) is 9.37 Å². The van der Waals surface area contributed by atoms with Crippen LogP contribution in [0.2, 0.25) is 5.02 Å². The highest BCUT2D eigenvalue weighted by Crippen LogP contribution is 2.26. The van der Waals surface area contributed by atoms with Crippen molar-refractivity contribution in [2.24, 2.45) is 0 Å². The van der Waals surface area contributed by atoms with Crippen molar-refractivity contribution in [1.82, 2.24) is 14.5 Å². The maximum absolute atomic E-state index is 14.1. The van der Waals surface area contributed by atoms with E-state index < -0.39 is 5.82 Å². The van der Waals surface area contributed by atoms with Gasteiger partial charge in [0.2, 0.25) is 5.91 Å². The predicted molar refractivity (Wildman–Crippen MR) is 91.8 cm³/mol. The monoisotopic (exact) mass is 369 g/mol. The summed E-state index contributed by atoms with van der Waals surface area (Å²) in [6.45, 7) is 2.74. The highest BCUT2D eigenvalue weighted by Gasteiger charge is 2.29. The van der Waals surface area contributed by atoms with Crippen LogP contribution in [-0.4, -0.2) is 32.3 Å². The number of imidazole rings is 1. The third kappa shape index (κ3) is 3.28. The molecule has 0 radical (unpaired) electrons. The molecule has 7 heteroatoms. The second kappa shape index (κ2) is 7.11. The quantitative estimate of drug-likeness (QED) is 0.772. The first-order valence-corrected chi connectivity index (χ1v) is 8.71. The Morgan fingerprint density at radius 2 is 2.29 bits per heavy atom. The van der Waals surface area contributed by atoms with Gasteiger partial charge in [0.15, 0.2) is 0 Å². The molecule has 0 aliphatic carbocycles. The Bertz CT molecular complexity index is 742. The molecule has 1 amide bonds. The van der Waals surface area contributed by atoms with Crippen LogP contribution in [0.15, 0.2) is 24.4 Å². The Balaban J connectivity index is 1.88. The third-order valence-corrected chi connectivity index (χ3v) is 5.08. The Morgan fingerprint density at radius 1 is 1.50 bits per heavy atom. The summed E-state index contributed by atoms with van der Waals surface area (Å²) in [5.74, 6) is 0.247. The van der Waals surface area contributed by atoms with Crippen molar-refractivity contribution in [3.63, 3.8) is 0 Å². The molecule has 3 rings (SSSR count). The normalized spacial score (nSPS) is 16.8. The van der Waals surface area contributed by atoms with E-state index in [1.807, 2.05) is 13.1 Å². The molecular formula is C17H18Cl2FN3O. The van der Waals surface area contributed by atoms with Gasteiger partial charge in [-0.1, -0.05) is 17.7 Å². The molecule has 0 spiro atoms. The Kier molecular flexibility index (Phi) is 5.11. The number of benzene rings is 1. The van der Waals surface area contributed by atoms with Gasteiger partial charge in [0.25, 0.3) is 0 Å². The molecular weight excluding hydrogens is 352 g/mol. The van der Waals surface area contributed by atoms with Crippen molar-refractivity contribution < 1.29 is 9.18 Å². The van der Waals surface area contributed by atoms with Crippen molar-refractivity contribution in [3.8, 4) is 0 Å². The number of nitrogens with zero attached hydrogens (tertiary/aromatic N) is 3. The van der Waals surface area contributed by atoms with E-state index in [1.54, 1.807) is 17.0 Å². The van der Waals surface area contributed by atoms with E-state index >= 15 is 0 Å². The molecule has 2 heterocycles. The zero-order chi connectivity index (χ0) is 17.3. The number of carbonyl (C=O) groups excluding carboxylic acids is 1. The van der Waals surface area contributed by atoms with Gasteiger partial charge in [-0.15, -0.1) is 11.6 Å². The number of rotatable bonds is 4. The predicted octanol–water partition coefficient (Wildman–Crippen LogP) is 3.57. The maximum atomic E-state index is 14.1. The fourth-order valence-electron chi connectivity index (χ4n) is 3.16. The summed E-state index contributed by atoms with van der Waals surface area (Å²) in [4.78, 5) is 18.4. The van der Waals surface area contributed by atoms with E-state index in [4.69, 9.17) is 23.2 Å². The van der Waals surface area contributed by atoms with Gasteiger partial charge in [-0.2, -0.15) is 0 Å². The largest absolute Gasteiger partial charge is 0.332 e. The lowest BCUT2D eigenvalue weighted by Gasteiger charge is -2.35. The topological polar surface area (TPSA) is 38.1 Å². The molecule has 128 valence electrons. The molecule has 4 nitrogen and oxygen atoms in total. The van der Waals surface area contributed by atoms with Gasteiger partial charge in [-0.3, -0.25) is 4.79 Å². The summed E-state index contributed by atoms with van der Waals surface area (Å²) >= 11 is 11.9. The van der Waals surface area contributed by atoms with Gasteiger partial charge in [0, 0.05) is 35.4 Å². The first-order valence-electron chi connectivity index (χ1n) is 7.80. The van der Waals surface area contributed by atoms with Crippen LogP contribution in [0.25, 0.3) is 0 Å². The molecule has 24 heavy (non-hydrogen) atoms. The zero-order valence-electron chi connectivity index (χ0n) is 13.3. The van der Waals surface area contributed by atoms with Crippen molar-refractivity contribution >= 4 is 29.1 Å². The molecule has 0 fully saturated rings. The van der Waals surface area contributed by atoms with Crippen molar-refractivity contribution in [2.75, 3.05) is 5.88 Å². The number of amides is 1. The number of aromatic nitrogens is 2. The summed E-state index contributed by atoms with van der Waals surface area (Å²) in [5, 5.41) is 0.317. The second-order valence-corrected chi connectivity index (χ2v) is 6.65. The highest BCUT2D eigenvalue weighted by molar-refractivity contribution is 6.31. The number of carbonyl (C=O) groups is 1. The number of halogens is 3. The summed E-state index contributed by atoms with van der Waals surface area (Å²) in [6, 6.07) is 4.47. The molecule has 1 aromatic carbocycles. The molecule has 0 N–H and O–H groups in total. The van der Waals surface area contributed by atoms with Gasteiger partial charge in [0.05, 0.1) is 12.6 Å². The van der Waals surface area contributed by atoms with Gasteiger partial charge in [-0.05, 0) is 25.5 Å². The first-order chi connectivity index (χ1) is 11.5. The second-order valence-electron chi connectivity index (χ2n) is 5.97. The zero-order valence-corrected chi connectivity index (χ0v) is 14.8. The third-order valence-electron chi connectivity index (χ3n) is 4.50.